The molecule has 5 heteroatoms. The summed E-state index contributed by atoms with van der Waals surface area (Å²) in [6.45, 7) is 2.93. The van der Waals surface area contributed by atoms with Gasteiger partial charge >= 0.3 is 0 Å². The number of hydrogen-bond acceptors (Lipinski definition) is 4. The van der Waals surface area contributed by atoms with Crippen LogP contribution in [-0.4, -0.2) is 21.3 Å². The van der Waals surface area contributed by atoms with Crippen molar-refractivity contribution >= 4 is 0 Å². The molecule has 0 saturated carbocycles. The van der Waals surface area contributed by atoms with Gasteiger partial charge in [-0.3, -0.25) is 4.68 Å². The van der Waals surface area contributed by atoms with Crippen molar-refractivity contribution in [3.63, 3.8) is 0 Å². The molecular weight excluding hydrogens is 238 g/mol. The summed E-state index contributed by atoms with van der Waals surface area (Å²) in [5.41, 5.74) is 1.86. The molecule has 0 aliphatic carbocycles. The third kappa shape index (κ3) is 3.63. The zero-order chi connectivity index (χ0) is 13.7. The quantitative estimate of drug-likeness (QED) is 0.881. The van der Waals surface area contributed by atoms with Crippen LogP contribution < -0.4 is 5.32 Å². The van der Waals surface area contributed by atoms with Crippen LogP contribution in [0.4, 0.5) is 0 Å². The first-order chi connectivity index (χ1) is 9.19. The summed E-state index contributed by atoms with van der Waals surface area (Å²) in [7, 11) is 1.86. The lowest BCUT2D eigenvalue weighted by Crippen LogP contribution is -2.21. The summed E-state index contributed by atoms with van der Waals surface area (Å²) in [5.74, 6) is 0.849. The van der Waals surface area contributed by atoms with Gasteiger partial charge in [-0.2, -0.15) is 10.4 Å². The van der Waals surface area contributed by atoms with E-state index in [1.54, 1.807) is 11.0 Å². The van der Waals surface area contributed by atoms with Crippen LogP contribution >= 0.6 is 0 Å². The van der Waals surface area contributed by atoms with Crippen LogP contribution in [-0.2, 0) is 13.5 Å². The van der Waals surface area contributed by atoms with E-state index in [2.05, 4.69) is 28.4 Å². The van der Waals surface area contributed by atoms with Crippen molar-refractivity contribution in [3.8, 4) is 6.07 Å². The summed E-state index contributed by atoms with van der Waals surface area (Å²) in [6.07, 6.45) is 2.51. The molecule has 98 valence electrons. The molecule has 2 rings (SSSR count). The number of hydrogen-bond donors (Lipinski definition) is 1. The Morgan fingerprint density at radius 2 is 2.11 bits per heavy atom. The average molecular weight is 255 g/mol. The van der Waals surface area contributed by atoms with Crippen LogP contribution in [0.1, 0.15) is 29.9 Å². The molecule has 2 aromatic rings. The van der Waals surface area contributed by atoms with Gasteiger partial charge in [0.25, 0.3) is 0 Å². The van der Waals surface area contributed by atoms with Crippen LogP contribution in [0, 0.1) is 11.3 Å². The van der Waals surface area contributed by atoms with Crippen molar-refractivity contribution in [2.24, 2.45) is 7.05 Å². The molecule has 0 radical (unpaired) electrons. The fourth-order valence-electron chi connectivity index (χ4n) is 1.86. The number of aromatic nitrogens is 3. The van der Waals surface area contributed by atoms with Gasteiger partial charge in [0.05, 0.1) is 11.6 Å². The molecule has 0 fully saturated rings. The predicted molar refractivity (Wildman–Crippen MR) is 72.3 cm³/mol. The Balaban J connectivity index is 1.83. The van der Waals surface area contributed by atoms with Crippen molar-refractivity contribution in [1.82, 2.24) is 20.1 Å². The van der Waals surface area contributed by atoms with E-state index in [-0.39, 0.29) is 6.04 Å². The summed E-state index contributed by atoms with van der Waals surface area (Å²) in [4.78, 5) is 4.18. The minimum Gasteiger partial charge on any atom is -0.310 e. The van der Waals surface area contributed by atoms with Crippen LogP contribution in [0.25, 0.3) is 0 Å². The van der Waals surface area contributed by atoms with Gasteiger partial charge in [0.15, 0.2) is 5.82 Å². The highest BCUT2D eigenvalue weighted by Gasteiger charge is 2.05. The second-order valence-corrected chi connectivity index (χ2v) is 4.49. The lowest BCUT2D eigenvalue weighted by molar-refractivity contribution is 0.568. The van der Waals surface area contributed by atoms with E-state index in [1.807, 2.05) is 31.3 Å². The highest BCUT2D eigenvalue weighted by molar-refractivity contribution is 5.32. The van der Waals surface area contributed by atoms with Gasteiger partial charge in [-0.15, -0.1) is 0 Å². The van der Waals surface area contributed by atoms with Crippen LogP contribution in [0.2, 0.25) is 0 Å². The van der Waals surface area contributed by atoms with Gasteiger partial charge < -0.3 is 5.32 Å². The summed E-state index contributed by atoms with van der Waals surface area (Å²) in [6, 6.07) is 10.0. The molecule has 0 aliphatic heterocycles. The van der Waals surface area contributed by atoms with E-state index in [0.717, 1.165) is 18.8 Å². The highest BCUT2D eigenvalue weighted by Crippen LogP contribution is 2.12. The molecule has 1 atom stereocenters. The third-order valence-corrected chi connectivity index (χ3v) is 2.99. The molecule has 1 N–H and O–H groups in total. The fourth-order valence-corrected chi connectivity index (χ4v) is 1.86. The van der Waals surface area contributed by atoms with Gasteiger partial charge in [-0.05, 0) is 24.6 Å². The molecule has 1 unspecified atom stereocenters. The van der Waals surface area contributed by atoms with Crippen molar-refractivity contribution < 1.29 is 0 Å². The zero-order valence-electron chi connectivity index (χ0n) is 11.2. The maximum Gasteiger partial charge on any atom is 0.151 e. The first kappa shape index (κ1) is 13.2. The Labute approximate surface area is 112 Å². The molecular formula is C14H17N5. The second-order valence-electron chi connectivity index (χ2n) is 4.49. The molecule has 0 spiro atoms. The predicted octanol–water partition coefficient (Wildman–Crippen LogP) is 1.58. The van der Waals surface area contributed by atoms with Gasteiger partial charge in [-0.25, -0.2) is 4.98 Å². The van der Waals surface area contributed by atoms with Gasteiger partial charge in [0, 0.05) is 26.1 Å². The summed E-state index contributed by atoms with van der Waals surface area (Å²) < 4.78 is 1.71. The largest absolute Gasteiger partial charge is 0.310 e. The average Bonchev–Trinajstić information content (AvgIpc) is 2.84. The monoisotopic (exact) mass is 255 g/mol. The first-order valence-electron chi connectivity index (χ1n) is 6.27. The molecule has 0 aliphatic rings. The zero-order valence-corrected chi connectivity index (χ0v) is 11.2. The Hall–Kier alpha value is -2.19. The number of benzene rings is 1. The van der Waals surface area contributed by atoms with E-state index >= 15 is 0 Å². The van der Waals surface area contributed by atoms with E-state index in [4.69, 9.17) is 5.26 Å². The van der Waals surface area contributed by atoms with Crippen molar-refractivity contribution in [3.05, 3.63) is 47.5 Å². The Morgan fingerprint density at radius 1 is 1.37 bits per heavy atom. The van der Waals surface area contributed by atoms with E-state index < -0.39 is 0 Å². The Bertz CT molecular complexity index is 564. The molecule has 1 aromatic carbocycles. The van der Waals surface area contributed by atoms with E-state index in [0.29, 0.717) is 5.56 Å². The molecule has 1 aromatic heterocycles. The van der Waals surface area contributed by atoms with Crippen LogP contribution in [0.5, 0.6) is 0 Å². The SMILES string of the molecule is CC(NCCc1ncn(C)n1)c1ccc(C#N)cc1. The lowest BCUT2D eigenvalue weighted by Gasteiger charge is -2.13. The maximum absolute atomic E-state index is 8.76. The normalized spacial score (nSPS) is 12.1. The fraction of sp³-hybridized carbons (Fsp3) is 0.357. The second kappa shape index (κ2) is 6.12. The van der Waals surface area contributed by atoms with Crippen molar-refractivity contribution in [1.29, 1.82) is 5.26 Å². The first-order valence-corrected chi connectivity index (χ1v) is 6.27. The molecule has 1 heterocycles. The molecule has 0 amide bonds. The lowest BCUT2D eigenvalue weighted by atomic mass is 10.1. The third-order valence-electron chi connectivity index (χ3n) is 2.99. The molecule has 0 bridgehead atoms. The molecule has 5 nitrogen and oxygen atoms in total. The van der Waals surface area contributed by atoms with Gasteiger partial charge in [0.1, 0.15) is 6.33 Å². The standard InChI is InChI=1S/C14H17N5/c1-11(13-5-3-12(9-15)4-6-13)16-8-7-14-17-10-19(2)18-14/h3-6,10-11,16H,7-8H2,1-2H3. The van der Waals surface area contributed by atoms with E-state index in [9.17, 15) is 0 Å². The van der Waals surface area contributed by atoms with Crippen LogP contribution in [0.3, 0.4) is 0 Å². The number of nitrogens with zero attached hydrogens (tertiary/aromatic N) is 4. The molecule has 19 heavy (non-hydrogen) atoms. The summed E-state index contributed by atoms with van der Waals surface area (Å²) >= 11 is 0. The summed E-state index contributed by atoms with van der Waals surface area (Å²) in [5, 5.41) is 16.4. The molecule has 0 saturated heterocycles. The Morgan fingerprint density at radius 3 is 2.68 bits per heavy atom. The topological polar surface area (TPSA) is 66.5 Å². The van der Waals surface area contributed by atoms with Gasteiger partial charge in [0.2, 0.25) is 0 Å². The number of aryl methyl sites for hydroxylation is 1. The maximum atomic E-state index is 8.76. The minimum absolute atomic E-state index is 0.247. The number of nitrogens with one attached hydrogen (secondary N) is 1. The van der Waals surface area contributed by atoms with Crippen molar-refractivity contribution in [2.45, 2.75) is 19.4 Å². The smallest absolute Gasteiger partial charge is 0.151 e. The van der Waals surface area contributed by atoms with Gasteiger partial charge in [-0.1, -0.05) is 12.1 Å². The minimum atomic E-state index is 0.247. The highest BCUT2D eigenvalue weighted by atomic mass is 15.3. The van der Waals surface area contributed by atoms with E-state index in [1.165, 1.54) is 5.56 Å². The van der Waals surface area contributed by atoms with Crippen LogP contribution in [0.15, 0.2) is 30.6 Å². The van der Waals surface area contributed by atoms with Crippen molar-refractivity contribution in [2.75, 3.05) is 6.54 Å². The Kier molecular flexibility index (Phi) is 4.26. The number of nitriles is 1. The number of rotatable bonds is 5.